The van der Waals surface area contributed by atoms with E-state index in [0.717, 1.165) is 39.1 Å². The monoisotopic (exact) mass is 264 g/mol. The number of nitrogens with zero attached hydrogens (tertiary/aromatic N) is 4. The molecule has 0 saturated carbocycles. The minimum absolute atomic E-state index is 0.119. The van der Waals surface area contributed by atoms with Crippen LogP contribution in [0.5, 0.6) is 0 Å². The van der Waals surface area contributed by atoms with E-state index in [1.54, 1.807) is 10.9 Å². The SMILES string of the molecule is CCN(CC)[C@H]1CCN(C(=O)c2ccnn2CC)C1. The molecule has 1 atom stereocenters. The van der Waals surface area contributed by atoms with Crippen molar-refractivity contribution in [1.82, 2.24) is 19.6 Å². The minimum atomic E-state index is 0.119. The van der Waals surface area contributed by atoms with Crippen molar-refractivity contribution in [3.63, 3.8) is 0 Å². The molecule has 5 nitrogen and oxygen atoms in total. The molecular formula is C14H24N4O. The van der Waals surface area contributed by atoms with Gasteiger partial charge >= 0.3 is 0 Å². The second-order valence-electron chi connectivity index (χ2n) is 4.95. The average molecular weight is 264 g/mol. The van der Waals surface area contributed by atoms with Crippen molar-refractivity contribution in [3.8, 4) is 0 Å². The van der Waals surface area contributed by atoms with Crippen LogP contribution >= 0.6 is 0 Å². The average Bonchev–Trinajstić information content (AvgIpc) is 3.08. The third kappa shape index (κ3) is 2.81. The van der Waals surface area contributed by atoms with Crippen molar-refractivity contribution in [3.05, 3.63) is 18.0 Å². The van der Waals surface area contributed by atoms with E-state index in [4.69, 9.17) is 0 Å². The maximum Gasteiger partial charge on any atom is 0.272 e. The molecule has 1 aliphatic heterocycles. The Labute approximate surface area is 115 Å². The Morgan fingerprint density at radius 3 is 2.79 bits per heavy atom. The number of likely N-dealkylation sites (N-methyl/N-ethyl adjacent to an activating group) is 1. The van der Waals surface area contributed by atoms with Gasteiger partial charge in [-0.05, 0) is 32.5 Å². The van der Waals surface area contributed by atoms with Gasteiger partial charge in [0, 0.05) is 31.9 Å². The molecule has 19 heavy (non-hydrogen) atoms. The molecule has 0 spiro atoms. The van der Waals surface area contributed by atoms with Gasteiger partial charge in [-0.15, -0.1) is 0 Å². The zero-order chi connectivity index (χ0) is 13.8. The lowest BCUT2D eigenvalue weighted by Gasteiger charge is -2.26. The second kappa shape index (κ2) is 6.19. The highest BCUT2D eigenvalue weighted by atomic mass is 16.2. The smallest absolute Gasteiger partial charge is 0.272 e. The number of carbonyl (C=O) groups is 1. The highest BCUT2D eigenvalue weighted by Crippen LogP contribution is 2.18. The van der Waals surface area contributed by atoms with Crippen molar-refractivity contribution in [2.75, 3.05) is 26.2 Å². The van der Waals surface area contributed by atoms with Crippen LogP contribution in [0, 0.1) is 0 Å². The number of likely N-dealkylation sites (tertiary alicyclic amines) is 1. The fourth-order valence-electron chi connectivity index (χ4n) is 2.89. The molecule has 0 radical (unpaired) electrons. The molecule has 2 heterocycles. The van der Waals surface area contributed by atoms with Gasteiger partial charge in [0.1, 0.15) is 5.69 Å². The Morgan fingerprint density at radius 1 is 1.42 bits per heavy atom. The molecule has 1 aromatic heterocycles. The topological polar surface area (TPSA) is 41.4 Å². The van der Waals surface area contributed by atoms with Gasteiger partial charge in [-0.3, -0.25) is 14.4 Å². The Balaban J connectivity index is 2.03. The van der Waals surface area contributed by atoms with E-state index < -0.39 is 0 Å². The van der Waals surface area contributed by atoms with Crippen LogP contribution in [0.25, 0.3) is 0 Å². The van der Waals surface area contributed by atoms with Gasteiger partial charge in [0.2, 0.25) is 0 Å². The van der Waals surface area contributed by atoms with Crippen molar-refractivity contribution in [2.45, 2.75) is 39.8 Å². The molecule has 0 N–H and O–H groups in total. The van der Waals surface area contributed by atoms with Crippen molar-refractivity contribution >= 4 is 5.91 Å². The first kappa shape index (κ1) is 14.1. The van der Waals surface area contributed by atoms with Gasteiger partial charge in [-0.1, -0.05) is 13.8 Å². The van der Waals surface area contributed by atoms with Crippen LogP contribution in [0.3, 0.4) is 0 Å². The summed E-state index contributed by atoms with van der Waals surface area (Å²) < 4.78 is 1.77. The summed E-state index contributed by atoms with van der Waals surface area (Å²) in [4.78, 5) is 16.9. The van der Waals surface area contributed by atoms with E-state index in [1.165, 1.54) is 0 Å². The number of carbonyl (C=O) groups excluding carboxylic acids is 1. The molecule has 1 amide bonds. The van der Waals surface area contributed by atoms with E-state index in [0.29, 0.717) is 11.7 Å². The molecule has 0 aliphatic carbocycles. The first-order valence-electron chi connectivity index (χ1n) is 7.26. The number of hydrogen-bond donors (Lipinski definition) is 0. The Hall–Kier alpha value is -1.36. The van der Waals surface area contributed by atoms with Gasteiger partial charge in [0.25, 0.3) is 5.91 Å². The van der Waals surface area contributed by atoms with Crippen LogP contribution in [-0.4, -0.2) is 57.7 Å². The molecule has 0 aromatic carbocycles. The predicted molar refractivity (Wildman–Crippen MR) is 75.1 cm³/mol. The molecule has 1 fully saturated rings. The summed E-state index contributed by atoms with van der Waals surface area (Å²) in [6.45, 7) is 10.9. The van der Waals surface area contributed by atoms with E-state index in [1.807, 2.05) is 17.9 Å². The first-order valence-corrected chi connectivity index (χ1v) is 7.26. The van der Waals surface area contributed by atoms with Gasteiger partial charge in [0.05, 0.1) is 0 Å². The van der Waals surface area contributed by atoms with Crippen LogP contribution in [0.2, 0.25) is 0 Å². The summed E-state index contributed by atoms with van der Waals surface area (Å²) in [5.74, 6) is 0.119. The van der Waals surface area contributed by atoms with Crippen LogP contribution < -0.4 is 0 Å². The minimum Gasteiger partial charge on any atom is -0.336 e. The van der Waals surface area contributed by atoms with E-state index in [2.05, 4.69) is 23.8 Å². The normalized spacial score (nSPS) is 19.4. The van der Waals surface area contributed by atoms with Crippen molar-refractivity contribution < 1.29 is 4.79 Å². The van der Waals surface area contributed by atoms with Gasteiger partial charge in [-0.25, -0.2) is 0 Å². The molecule has 1 saturated heterocycles. The first-order chi connectivity index (χ1) is 9.21. The van der Waals surface area contributed by atoms with Crippen LogP contribution in [-0.2, 0) is 6.54 Å². The number of aromatic nitrogens is 2. The van der Waals surface area contributed by atoms with E-state index in [9.17, 15) is 4.79 Å². The lowest BCUT2D eigenvalue weighted by Crippen LogP contribution is -2.39. The number of hydrogen-bond acceptors (Lipinski definition) is 3. The number of aryl methyl sites for hydroxylation is 1. The van der Waals surface area contributed by atoms with Crippen LogP contribution in [0.15, 0.2) is 12.3 Å². The van der Waals surface area contributed by atoms with E-state index in [-0.39, 0.29) is 5.91 Å². The quantitative estimate of drug-likeness (QED) is 0.808. The largest absolute Gasteiger partial charge is 0.336 e. The zero-order valence-corrected chi connectivity index (χ0v) is 12.2. The lowest BCUT2D eigenvalue weighted by molar-refractivity contribution is 0.0765. The molecule has 106 valence electrons. The van der Waals surface area contributed by atoms with Crippen molar-refractivity contribution in [2.24, 2.45) is 0 Å². The number of rotatable bonds is 5. The van der Waals surface area contributed by atoms with Crippen LogP contribution in [0.4, 0.5) is 0 Å². The second-order valence-corrected chi connectivity index (χ2v) is 4.95. The summed E-state index contributed by atoms with van der Waals surface area (Å²) in [7, 11) is 0. The van der Waals surface area contributed by atoms with Gasteiger partial charge in [-0.2, -0.15) is 5.10 Å². The van der Waals surface area contributed by atoms with Gasteiger partial charge in [0.15, 0.2) is 0 Å². The summed E-state index contributed by atoms with van der Waals surface area (Å²) in [6.07, 6.45) is 2.78. The highest BCUT2D eigenvalue weighted by Gasteiger charge is 2.30. The maximum absolute atomic E-state index is 12.5. The number of amides is 1. The molecule has 0 bridgehead atoms. The third-order valence-corrected chi connectivity index (χ3v) is 4.01. The predicted octanol–water partition coefficient (Wildman–Crippen LogP) is 1.46. The summed E-state index contributed by atoms with van der Waals surface area (Å²) >= 11 is 0. The van der Waals surface area contributed by atoms with Crippen LogP contribution in [0.1, 0.15) is 37.7 Å². The van der Waals surface area contributed by atoms with E-state index >= 15 is 0 Å². The molecule has 5 heteroatoms. The van der Waals surface area contributed by atoms with Gasteiger partial charge < -0.3 is 4.90 Å². The summed E-state index contributed by atoms with van der Waals surface area (Å²) in [5.41, 5.74) is 0.711. The molecular weight excluding hydrogens is 240 g/mol. The zero-order valence-electron chi connectivity index (χ0n) is 12.2. The molecule has 2 rings (SSSR count). The Morgan fingerprint density at radius 2 is 2.16 bits per heavy atom. The Bertz CT molecular complexity index is 425. The lowest BCUT2D eigenvalue weighted by atomic mass is 10.2. The maximum atomic E-state index is 12.5. The van der Waals surface area contributed by atoms with Crippen molar-refractivity contribution in [1.29, 1.82) is 0 Å². The Kier molecular flexibility index (Phi) is 4.58. The third-order valence-electron chi connectivity index (χ3n) is 4.01. The molecule has 1 aliphatic rings. The highest BCUT2D eigenvalue weighted by molar-refractivity contribution is 5.92. The molecule has 0 unspecified atom stereocenters. The molecule has 1 aromatic rings. The standard InChI is InChI=1S/C14H24N4O/c1-4-16(5-2)12-8-10-17(11-12)14(19)13-7-9-15-18(13)6-3/h7,9,12H,4-6,8,10-11H2,1-3H3/t12-/m0/s1. The summed E-state index contributed by atoms with van der Waals surface area (Å²) in [5, 5.41) is 4.17. The summed E-state index contributed by atoms with van der Waals surface area (Å²) in [6, 6.07) is 2.33. The fourth-order valence-corrected chi connectivity index (χ4v) is 2.89. The fraction of sp³-hybridized carbons (Fsp3) is 0.714.